The van der Waals surface area contributed by atoms with Crippen LogP contribution < -0.4 is 5.32 Å². The zero-order chi connectivity index (χ0) is 15.8. The number of hydrogen-bond acceptors (Lipinski definition) is 4. The Kier molecular flexibility index (Phi) is 5.81. The van der Waals surface area contributed by atoms with Crippen LogP contribution in [0.3, 0.4) is 0 Å². The van der Waals surface area contributed by atoms with Crippen LogP contribution in [0.25, 0.3) is 11.4 Å². The van der Waals surface area contributed by atoms with Gasteiger partial charge in [-0.15, -0.1) is 23.2 Å². The van der Waals surface area contributed by atoms with Crippen molar-refractivity contribution >= 4 is 17.7 Å². The first-order chi connectivity index (χ1) is 10.8. The lowest BCUT2D eigenvalue weighted by atomic mass is 10.2. The molecule has 0 aliphatic carbocycles. The Morgan fingerprint density at radius 3 is 2.86 bits per heavy atom. The second kappa shape index (κ2) is 8.05. The van der Waals surface area contributed by atoms with Crippen molar-refractivity contribution in [2.75, 3.05) is 12.3 Å². The summed E-state index contributed by atoms with van der Waals surface area (Å²) in [6.07, 6.45) is 6.88. The predicted molar refractivity (Wildman–Crippen MR) is 88.2 cm³/mol. The van der Waals surface area contributed by atoms with Gasteiger partial charge in [-0.1, -0.05) is 54.1 Å². The Morgan fingerprint density at radius 1 is 1.41 bits per heavy atom. The Hall–Kier alpha value is -2.52. The van der Waals surface area contributed by atoms with Gasteiger partial charge in [0.25, 0.3) is 0 Å². The Balaban J connectivity index is 2.15. The molecule has 0 aliphatic heterocycles. The van der Waals surface area contributed by atoms with E-state index < -0.39 is 0 Å². The molecular formula is C16H16N4OS. The van der Waals surface area contributed by atoms with Crippen molar-refractivity contribution in [3.05, 3.63) is 43.0 Å². The molecule has 0 spiro atoms. The van der Waals surface area contributed by atoms with Crippen LogP contribution in [0.2, 0.25) is 0 Å². The molecule has 0 saturated carbocycles. The number of allylic oxidation sites excluding steroid dienone is 1. The Bertz CT molecular complexity index is 688. The van der Waals surface area contributed by atoms with Crippen LogP contribution in [0.15, 0.2) is 48.1 Å². The fourth-order valence-electron chi connectivity index (χ4n) is 1.82. The lowest BCUT2D eigenvalue weighted by molar-refractivity contribution is -0.118. The van der Waals surface area contributed by atoms with Crippen molar-refractivity contribution in [1.29, 1.82) is 0 Å². The highest BCUT2D eigenvalue weighted by atomic mass is 32.2. The molecule has 22 heavy (non-hydrogen) atoms. The van der Waals surface area contributed by atoms with Gasteiger partial charge in [0.2, 0.25) is 5.91 Å². The van der Waals surface area contributed by atoms with Crippen molar-refractivity contribution < 1.29 is 4.79 Å². The van der Waals surface area contributed by atoms with Gasteiger partial charge in [0.05, 0.1) is 12.3 Å². The van der Waals surface area contributed by atoms with Crippen LogP contribution in [-0.2, 0) is 11.3 Å². The standard InChI is InChI=1S/C16H16N4OS/c1-3-10-17-14(21)12-22-16-19-18-15(20(16)11-4-2)13-8-6-5-7-9-13/h1,4-9H,2,10-12H2,(H,17,21). The van der Waals surface area contributed by atoms with E-state index in [1.165, 1.54) is 11.8 Å². The van der Waals surface area contributed by atoms with Crippen molar-refractivity contribution in [3.8, 4) is 23.7 Å². The summed E-state index contributed by atoms with van der Waals surface area (Å²) in [7, 11) is 0. The second-order valence-corrected chi connectivity index (χ2v) is 5.28. The maximum absolute atomic E-state index is 11.6. The smallest absolute Gasteiger partial charge is 0.231 e. The molecule has 1 heterocycles. The van der Waals surface area contributed by atoms with Crippen LogP contribution in [0.4, 0.5) is 0 Å². The summed E-state index contributed by atoms with van der Waals surface area (Å²) < 4.78 is 1.93. The van der Waals surface area contributed by atoms with E-state index in [1.54, 1.807) is 6.08 Å². The molecule has 5 nitrogen and oxygen atoms in total. The highest BCUT2D eigenvalue weighted by molar-refractivity contribution is 7.99. The molecule has 0 bridgehead atoms. The number of thioether (sulfide) groups is 1. The van der Waals surface area contributed by atoms with Gasteiger partial charge in [0.15, 0.2) is 11.0 Å². The van der Waals surface area contributed by atoms with E-state index in [0.717, 1.165) is 11.4 Å². The Morgan fingerprint density at radius 2 is 2.18 bits per heavy atom. The molecule has 0 saturated heterocycles. The third-order valence-electron chi connectivity index (χ3n) is 2.78. The fraction of sp³-hybridized carbons (Fsp3) is 0.188. The molecule has 0 radical (unpaired) electrons. The van der Waals surface area contributed by atoms with Crippen LogP contribution >= 0.6 is 11.8 Å². The number of terminal acetylenes is 1. The zero-order valence-corrected chi connectivity index (χ0v) is 12.8. The number of nitrogens with zero attached hydrogens (tertiary/aromatic N) is 3. The minimum Gasteiger partial charge on any atom is -0.344 e. The van der Waals surface area contributed by atoms with E-state index in [9.17, 15) is 4.79 Å². The molecule has 1 amide bonds. The SMILES string of the molecule is C#CCNC(=O)CSc1nnc(-c2ccccc2)n1CC=C. The number of hydrogen-bond donors (Lipinski definition) is 1. The van der Waals surface area contributed by atoms with E-state index in [1.807, 2.05) is 34.9 Å². The molecule has 1 N–H and O–H groups in total. The van der Waals surface area contributed by atoms with E-state index >= 15 is 0 Å². The van der Waals surface area contributed by atoms with Gasteiger partial charge in [-0.25, -0.2) is 0 Å². The fourth-order valence-corrected chi connectivity index (χ4v) is 2.60. The normalized spacial score (nSPS) is 9.95. The lowest BCUT2D eigenvalue weighted by Crippen LogP contribution is -2.25. The maximum Gasteiger partial charge on any atom is 0.231 e. The first-order valence-electron chi connectivity index (χ1n) is 6.68. The van der Waals surface area contributed by atoms with Crippen molar-refractivity contribution in [2.45, 2.75) is 11.7 Å². The molecule has 6 heteroatoms. The highest BCUT2D eigenvalue weighted by Gasteiger charge is 2.14. The van der Waals surface area contributed by atoms with Gasteiger partial charge in [0.1, 0.15) is 0 Å². The molecular weight excluding hydrogens is 296 g/mol. The number of nitrogens with one attached hydrogen (secondary N) is 1. The molecule has 2 rings (SSSR count). The molecule has 2 aromatic rings. The average Bonchev–Trinajstić information content (AvgIpc) is 2.95. The monoisotopic (exact) mass is 312 g/mol. The Labute approximate surface area is 133 Å². The van der Waals surface area contributed by atoms with Crippen LogP contribution in [-0.4, -0.2) is 33.0 Å². The molecule has 1 aromatic carbocycles. The van der Waals surface area contributed by atoms with E-state index in [0.29, 0.717) is 11.7 Å². The molecule has 1 aromatic heterocycles. The number of amides is 1. The van der Waals surface area contributed by atoms with Gasteiger partial charge in [-0.2, -0.15) is 0 Å². The van der Waals surface area contributed by atoms with Gasteiger partial charge in [0, 0.05) is 12.1 Å². The van der Waals surface area contributed by atoms with Crippen LogP contribution in [0, 0.1) is 12.3 Å². The summed E-state index contributed by atoms with van der Waals surface area (Å²) in [6.45, 7) is 4.57. The molecule has 0 unspecified atom stereocenters. The molecule has 112 valence electrons. The first-order valence-corrected chi connectivity index (χ1v) is 7.67. The zero-order valence-electron chi connectivity index (χ0n) is 12.0. The summed E-state index contributed by atoms with van der Waals surface area (Å²) >= 11 is 1.32. The van der Waals surface area contributed by atoms with Crippen LogP contribution in [0.5, 0.6) is 0 Å². The maximum atomic E-state index is 11.6. The van der Waals surface area contributed by atoms with Gasteiger partial charge < -0.3 is 5.32 Å². The minimum atomic E-state index is -0.127. The van der Waals surface area contributed by atoms with Gasteiger partial charge in [-0.05, 0) is 0 Å². The summed E-state index contributed by atoms with van der Waals surface area (Å²) in [5, 5.41) is 11.7. The quantitative estimate of drug-likeness (QED) is 0.482. The minimum absolute atomic E-state index is 0.127. The first kappa shape index (κ1) is 15.9. The number of carbonyl (C=O) groups excluding carboxylic acids is 1. The summed E-state index contributed by atoms with van der Waals surface area (Å²) in [5.74, 6) is 3.24. The summed E-state index contributed by atoms with van der Waals surface area (Å²) in [4.78, 5) is 11.6. The van der Waals surface area contributed by atoms with Crippen molar-refractivity contribution in [2.24, 2.45) is 0 Å². The third kappa shape index (κ3) is 3.99. The topological polar surface area (TPSA) is 59.8 Å². The largest absolute Gasteiger partial charge is 0.344 e. The average molecular weight is 312 g/mol. The molecule has 0 aliphatic rings. The second-order valence-electron chi connectivity index (χ2n) is 4.34. The highest BCUT2D eigenvalue weighted by Crippen LogP contribution is 2.23. The third-order valence-corrected chi connectivity index (χ3v) is 3.75. The van der Waals surface area contributed by atoms with Gasteiger partial charge in [-0.3, -0.25) is 9.36 Å². The number of benzene rings is 1. The van der Waals surface area contributed by atoms with Crippen molar-refractivity contribution in [3.63, 3.8) is 0 Å². The van der Waals surface area contributed by atoms with E-state index in [4.69, 9.17) is 6.42 Å². The van der Waals surface area contributed by atoms with Crippen LogP contribution in [0.1, 0.15) is 0 Å². The van der Waals surface area contributed by atoms with E-state index in [2.05, 4.69) is 28.0 Å². The lowest BCUT2D eigenvalue weighted by Gasteiger charge is -2.07. The van der Waals surface area contributed by atoms with Crippen molar-refractivity contribution in [1.82, 2.24) is 20.1 Å². The summed E-state index contributed by atoms with van der Waals surface area (Å²) in [6, 6.07) is 9.78. The molecule has 0 fully saturated rings. The van der Waals surface area contributed by atoms with E-state index in [-0.39, 0.29) is 18.2 Å². The molecule has 0 atom stereocenters. The number of rotatable bonds is 7. The number of aromatic nitrogens is 3. The summed E-state index contributed by atoms with van der Waals surface area (Å²) in [5.41, 5.74) is 0.973. The number of carbonyl (C=O) groups is 1. The predicted octanol–water partition coefficient (Wildman–Crippen LogP) is 1.97. The van der Waals surface area contributed by atoms with Gasteiger partial charge >= 0.3 is 0 Å².